The molecule has 0 heterocycles. The van der Waals surface area contributed by atoms with E-state index in [1.165, 1.54) is 64.2 Å². The van der Waals surface area contributed by atoms with E-state index in [4.69, 9.17) is 37.0 Å². The number of phosphoric ester groups is 2. The second-order valence-corrected chi connectivity index (χ2v) is 32.4. The number of aliphatic hydroxyl groups excluding tert-OH is 4. The standard InChI is InChI=1S/C82H156N4O22P2.2Na.2H/c1-7-13-19-25-28-31-34-40-46-52-74(108-78(92)54-48-42-36-33-30-27-21-15-9-3)64-76(90)86-70(66-102-60-56-72(88)50-44-38-23-17-11-5)68-106-110(99,100)104-62-58-84-82(96)80(94)79(93)81(95)83-57-61-103-109(97,98)105-67-69(65-101-59-55-71(87)49-43-37-22-16-10-4)85-75(89)63-73(51-45-39-24-18-12-6)107-77(91)53-47-41-35-32-29-26-20-14-8-2;;;;/h32-33,35-36,69-74,79-80,87-88,93-94H,7-31,34,37-68H2,1-6H3,(H,83,95)(H,84,96)(H,85,89)(H,86,90)(H,97,98)(H,99,100);;;;/q;2*+1;2*-1/b35-32+,36-33+;;;;/t69?,70?,71-,72-,73?,74-,79+,80+;;;;/m1..../s1. The van der Waals surface area contributed by atoms with Crippen molar-refractivity contribution in [3.8, 4) is 0 Å². The van der Waals surface area contributed by atoms with E-state index >= 15 is 0 Å². The van der Waals surface area contributed by atoms with E-state index in [0.717, 1.165) is 167 Å². The van der Waals surface area contributed by atoms with Crippen molar-refractivity contribution >= 4 is 51.2 Å². The van der Waals surface area contributed by atoms with E-state index in [1.54, 1.807) is 0 Å². The maximum atomic E-state index is 13.8. The number of hydrogen-bond acceptors (Lipinski definition) is 20. The van der Waals surface area contributed by atoms with Gasteiger partial charge in [-0.25, -0.2) is 9.13 Å². The van der Waals surface area contributed by atoms with Crippen LogP contribution in [0.2, 0.25) is 0 Å². The van der Waals surface area contributed by atoms with Crippen LogP contribution >= 0.6 is 15.6 Å². The average Bonchev–Trinajstić information content (AvgIpc) is 0.900. The molecule has 112 heavy (non-hydrogen) atoms. The van der Waals surface area contributed by atoms with Crippen LogP contribution in [0.4, 0.5) is 0 Å². The van der Waals surface area contributed by atoms with Gasteiger partial charge in [-0.2, -0.15) is 0 Å². The van der Waals surface area contributed by atoms with Gasteiger partial charge in [-0.15, -0.1) is 0 Å². The zero-order chi connectivity index (χ0) is 81.4. The van der Waals surface area contributed by atoms with Crippen LogP contribution in [0.1, 0.15) is 353 Å². The van der Waals surface area contributed by atoms with Crippen LogP contribution in [0.5, 0.6) is 0 Å². The second-order valence-electron chi connectivity index (χ2n) is 29.5. The smallest absolute Gasteiger partial charge is 1.00 e. The second kappa shape index (κ2) is 80.3. The Morgan fingerprint density at radius 1 is 0.357 bits per heavy atom. The fraction of sp³-hybridized carbons (Fsp3) is 0.878. The number of phosphoric acid groups is 2. The minimum Gasteiger partial charge on any atom is -1.00 e. The first-order chi connectivity index (χ1) is 53.0. The number of unbranched alkanes of at least 4 members (excludes halogenated alkanes) is 30. The molecule has 0 aliphatic heterocycles. The number of ether oxygens (including phenoxy) is 4. The SMILES string of the molecule is CCCCCC/C=C/CCCC(=O)OC(CCCCCCC)CC(=O)NC(COCC[C@H](O)CCCCCCC)COP(=O)(O)OCCNC(=O)[C@@H](O)[C@H](O)C(=O)NCCOP(=O)(O)OCC(COCC[C@H](O)CCCCCCC)NC(=O)C[C@@H](CCCCCCCCCCC)OC(=O)CCC/C=C/CCCCCC.[H-].[H-].[Na+].[Na+]. The Kier molecular flexibility index (Phi) is 82.1. The van der Waals surface area contributed by atoms with Gasteiger partial charge in [-0.05, 0) is 103 Å². The molecular formula is C82H158N4Na2O22P2. The van der Waals surface area contributed by atoms with Gasteiger partial charge >= 0.3 is 86.7 Å². The molecule has 0 aromatic carbocycles. The first-order valence-corrected chi connectivity index (χ1v) is 46.0. The summed E-state index contributed by atoms with van der Waals surface area (Å²) in [6, 6.07) is -2.03. The third-order valence-electron chi connectivity index (χ3n) is 18.8. The van der Waals surface area contributed by atoms with Crippen LogP contribution in [0.25, 0.3) is 0 Å². The molecule has 0 aliphatic rings. The Balaban J connectivity index is -0.00000990. The molecule has 0 bridgehead atoms. The Bertz CT molecular complexity index is 2440. The molecule has 0 fully saturated rings. The first kappa shape index (κ1) is 114. The fourth-order valence-electron chi connectivity index (χ4n) is 12.1. The van der Waals surface area contributed by atoms with Crippen LogP contribution in [0.15, 0.2) is 24.3 Å². The fourth-order valence-corrected chi connectivity index (χ4v) is 13.7. The number of carbonyl (C=O) groups is 6. The van der Waals surface area contributed by atoms with E-state index in [-0.39, 0.29) is 114 Å². The largest absolute Gasteiger partial charge is 1.00 e. The molecule has 0 saturated heterocycles. The number of hydrogen-bond donors (Lipinski definition) is 10. The molecule has 5 unspecified atom stereocenters. The van der Waals surface area contributed by atoms with Gasteiger partial charge in [0.25, 0.3) is 11.8 Å². The zero-order valence-corrected chi connectivity index (χ0v) is 76.8. The van der Waals surface area contributed by atoms with Crippen LogP contribution in [-0.4, -0.2) is 180 Å². The van der Waals surface area contributed by atoms with Crippen molar-refractivity contribution < 1.29 is 167 Å². The normalized spacial score (nSPS) is 14.9. The molecule has 0 spiro atoms. The maximum absolute atomic E-state index is 13.8. The summed E-state index contributed by atoms with van der Waals surface area (Å²) in [5, 5.41) is 52.3. The van der Waals surface area contributed by atoms with Crippen molar-refractivity contribution in [1.29, 1.82) is 0 Å². The van der Waals surface area contributed by atoms with Gasteiger partial charge in [-0.3, -0.25) is 46.9 Å². The monoisotopic (exact) mass is 1660 g/mol. The number of carbonyl (C=O) groups excluding carboxylic acids is 6. The van der Waals surface area contributed by atoms with E-state index in [2.05, 4.69) is 87.1 Å². The number of aliphatic hydroxyl groups is 4. The minimum absolute atomic E-state index is 0. The van der Waals surface area contributed by atoms with Crippen LogP contribution in [-0.2, 0) is 74.9 Å². The van der Waals surface area contributed by atoms with E-state index in [0.29, 0.717) is 51.4 Å². The molecule has 26 nitrogen and oxygen atoms in total. The first-order valence-electron chi connectivity index (χ1n) is 43.0. The number of esters is 2. The Labute approximate surface area is 723 Å². The third-order valence-corrected chi connectivity index (χ3v) is 20.8. The van der Waals surface area contributed by atoms with Crippen molar-refractivity contribution in [2.24, 2.45) is 0 Å². The van der Waals surface area contributed by atoms with Gasteiger partial charge in [0.05, 0.1) is 76.8 Å². The van der Waals surface area contributed by atoms with Crippen molar-refractivity contribution in [3.63, 3.8) is 0 Å². The van der Waals surface area contributed by atoms with Crippen molar-refractivity contribution in [3.05, 3.63) is 24.3 Å². The van der Waals surface area contributed by atoms with Gasteiger partial charge in [0, 0.05) is 39.1 Å². The molecule has 0 aromatic rings. The van der Waals surface area contributed by atoms with Gasteiger partial charge in [-0.1, -0.05) is 246 Å². The summed E-state index contributed by atoms with van der Waals surface area (Å²) in [6.45, 7) is 9.19. The average molecular weight is 1660 g/mol. The molecule has 0 saturated carbocycles. The molecular weight excluding hydrogens is 1500 g/mol. The van der Waals surface area contributed by atoms with Crippen LogP contribution in [0.3, 0.4) is 0 Å². The predicted octanol–water partition coefficient (Wildman–Crippen LogP) is 9.95. The number of nitrogens with one attached hydrogen (secondary N) is 4. The van der Waals surface area contributed by atoms with Gasteiger partial charge in [0.15, 0.2) is 12.2 Å². The summed E-state index contributed by atoms with van der Waals surface area (Å²) in [4.78, 5) is 101. The van der Waals surface area contributed by atoms with Gasteiger partial charge in [0.1, 0.15) is 12.2 Å². The predicted molar refractivity (Wildman–Crippen MR) is 435 cm³/mol. The molecule has 10 N–H and O–H groups in total. The molecule has 0 rings (SSSR count). The summed E-state index contributed by atoms with van der Waals surface area (Å²) in [6.07, 6.45) is 42.7. The third kappa shape index (κ3) is 73.4. The Morgan fingerprint density at radius 2 is 0.643 bits per heavy atom. The summed E-state index contributed by atoms with van der Waals surface area (Å²) >= 11 is 0. The summed E-state index contributed by atoms with van der Waals surface area (Å²) in [7, 11) is -9.84. The zero-order valence-electron chi connectivity index (χ0n) is 73.1. The minimum atomic E-state index is -4.92. The summed E-state index contributed by atoms with van der Waals surface area (Å²) in [5.41, 5.74) is 0. The molecule has 10 atom stereocenters. The molecule has 0 radical (unpaired) electrons. The maximum Gasteiger partial charge on any atom is 1.00 e. The quantitative estimate of drug-likeness (QED) is 0.00889. The van der Waals surface area contributed by atoms with E-state index < -0.39 is 139 Å². The molecule has 4 amide bonds. The summed E-state index contributed by atoms with van der Waals surface area (Å²) in [5.74, 6) is -4.40. The van der Waals surface area contributed by atoms with E-state index in [9.17, 15) is 68.1 Å². The molecule has 650 valence electrons. The Hall–Kier alpha value is -1.72. The van der Waals surface area contributed by atoms with Crippen LogP contribution in [0, 0.1) is 0 Å². The van der Waals surface area contributed by atoms with E-state index in [1.807, 2.05) is 0 Å². The molecule has 0 aromatic heterocycles. The van der Waals surface area contributed by atoms with Crippen molar-refractivity contribution in [1.82, 2.24) is 21.3 Å². The number of rotatable bonds is 81. The van der Waals surface area contributed by atoms with Crippen LogP contribution < -0.4 is 80.4 Å². The number of amides is 4. The number of allylic oxidation sites excluding steroid dienone is 4. The molecule has 0 aliphatic carbocycles. The topological polar surface area (TPSA) is 380 Å². The molecule has 30 heteroatoms. The van der Waals surface area contributed by atoms with Gasteiger partial charge in [0.2, 0.25) is 11.8 Å². The summed E-state index contributed by atoms with van der Waals surface area (Å²) < 4.78 is 70.5. The van der Waals surface area contributed by atoms with Crippen molar-refractivity contribution in [2.45, 2.75) is 398 Å². The van der Waals surface area contributed by atoms with Crippen molar-refractivity contribution in [2.75, 3.05) is 65.9 Å². The van der Waals surface area contributed by atoms with Gasteiger partial charge < -0.3 is 73.3 Å². The Morgan fingerprint density at radius 3 is 0.964 bits per heavy atom.